The van der Waals surface area contributed by atoms with Gasteiger partial charge in [-0.3, -0.25) is 9.78 Å². The number of pyridine rings is 2. The number of fused-ring (bicyclic) bond motifs is 1. The number of amides is 1. The minimum atomic E-state index is -4.53. The second-order valence-electron chi connectivity index (χ2n) is 10.9. The van der Waals surface area contributed by atoms with E-state index in [1.807, 2.05) is 18.7 Å². The summed E-state index contributed by atoms with van der Waals surface area (Å²) in [6, 6.07) is 7.47. The van der Waals surface area contributed by atoms with Crippen molar-refractivity contribution >= 4 is 17.2 Å². The van der Waals surface area contributed by atoms with Crippen molar-refractivity contribution in [3.63, 3.8) is 0 Å². The molecule has 4 aromatic rings. The highest BCUT2D eigenvalue weighted by Gasteiger charge is 2.59. The van der Waals surface area contributed by atoms with Gasteiger partial charge in [0, 0.05) is 60.7 Å². The first-order chi connectivity index (χ1) is 19.4. The number of hydrogen-bond donors (Lipinski definition) is 1. The Kier molecular flexibility index (Phi) is 6.53. The zero-order chi connectivity index (χ0) is 29.1. The Morgan fingerprint density at radius 2 is 1.78 bits per heavy atom. The molecule has 0 unspecified atom stereocenters. The number of halogens is 3. The lowest BCUT2D eigenvalue weighted by Gasteiger charge is -2.22. The number of likely N-dealkylation sites (tertiary alicyclic amines) is 1. The molecule has 6 rings (SSSR count). The van der Waals surface area contributed by atoms with Gasteiger partial charge < -0.3 is 15.4 Å². The van der Waals surface area contributed by atoms with Crippen molar-refractivity contribution in [3.8, 4) is 28.0 Å². The third-order valence-corrected chi connectivity index (χ3v) is 8.44. The van der Waals surface area contributed by atoms with Gasteiger partial charge in [0.15, 0.2) is 10.8 Å². The number of rotatable bonds is 6. The Bertz CT molecular complexity index is 1590. The van der Waals surface area contributed by atoms with Crippen molar-refractivity contribution in [2.75, 3.05) is 13.1 Å². The number of piperidine rings is 1. The average Bonchev–Trinajstić information content (AvgIpc) is 3.25. The lowest BCUT2D eigenvalue weighted by atomic mass is 9.95. The molecular formula is C28H26F3N7O2S. The zero-order valence-corrected chi connectivity index (χ0v) is 23.2. The second-order valence-corrected chi connectivity index (χ2v) is 11.9. The van der Waals surface area contributed by atoms with Crippen LogP contribution in [0.1, 0.15) is 40.5 Å². The Balaban J connectivity index is 1.16. The van der Waals surface area contributed by atoms with Crippen LogP contribution in [0.15, 0.2) is 48.9 Å². The molecule has 2 N–H and O–H groups in total. The van der Waals surface area contributed by atoms with E-state index < -0.39 is 17.4 Å². The number of carbonyl (C=O) groups excluding carboxylic acids is 1. The van der Waals surface area contributed by atoms with E-state index >= 15 is 0 Å². The van der Waals surface area contributed by atoms with Gasteiger partial charge in [-0.2, -0.15) is 13.2 Å². The predicted octanol–water partition coefficient (Wildman–Crippen LogP) is 4.73. The van der Waals surface area contributed by atoms with Crippen LogP contribution in [-0.4, -0.2) is 54.9 Å². The maximum atomic E-state index is 13.3. The number of ether oxygens (including phenoxy) is 1. The number of aromatic nitrogens is 5. The van der Waals surface area contributed by atoms with Crippen LogP contribution in [0.2, 0.25) is 0 Å². The van der Waals surface area contributed by atoms with E-state index in [-0.39, 0.29) is 23.8 Å². The number of aryl methyl sites for hydroxylation is 1. The Morgan fingerprint density at radius 3 is 2.39 bits per heavy atom. The molecule has 5 heterocycles. The minimum absolute atomic E-state index is 0.0739. The fourth-order valence-corrected chi connectivity index (χ4v) is 5.98. The van der Waals surface area contributed by atoms with E-state index in [4.69, 9.17) is 10.5 Å². The van der Waals surface area contributed by atoms with Gasteiger partial charge in [0.25, 0.3) is 5.91 Å². The molecule has 2 fully saturated rings. The molecule has 0 spiro atoms. The lowest BCUT2D eigenvalue weighted by molar-refractivity contribution is -0.141. The van der Waals surface area contributed by atoms with E-state index in [0.29, 0.717) is 51.6 Å². The average molecular weight is 582 g/mol. The summed E-state index contributed by atoms with van der Waals surface area (Å²) in [7, 11) is 0. The molecule has 1 amide bonds. The second kappa shape index (κ2) is 9.84. The van der Waals surface area contributed by atoms with Gasteiger partial charge in [-0.25, -0.2) is 19.9 Å². The quantitative estimate of drug-likeness (QED) is 0.347. The standard InChI is InChI=1S/C28H26F3N7O2S/c1-14-23(41-25(36-14)24-33-7-4-8-34-24)26(39)38-12-17-18(13-38)22(17)40-21-10-16(27(2,3)32)9-19(37-21)15-5-6-20(35-11-15)28(29,30)31/h4-11,17-18,22H,12-13,32H2,1-3H3/t17-,18+,22-. The van der Waals surface area contributed by atoms with E-state index in [1.165, 1.54) is 17.4 Å². The van der Waals surface area contributed by atoms with Gasteiger partial charge in [0.05, 0.1) is 11.4 Å². The van der Waals surface area contributed by atoms with Gasteiger partial charge >= 0.3 is 6.18 Å². The molecule has 0 aromatic carbocycles. The number of nitrogens with two attached hydrogens (primary N) is 1. The summed E-state index contributed by atoms with van der Waals surface area (Å²) in [5, 5.41) is 0.602. The molecule has 4 aromatic heterocycles. The van der Waals surface area contributed by atoms with Crippen molar-refractivity contribution < 1.29 is 22.7 Å². The smallest absolute Gasteiger partial charge is 0.433 e. The van der Waals surface area contributed by atoms with Gasteiger partial charge in [-0.1, -0.05) is 0 Å². The third kappa shape index (κ3) is 5.38. The van der Waals surface area contributed by atoms with Crippen molar-refractivity contribution in [1.82, 2.24) is 29.8 Å². The normalized spacial score (nSPS) is 20.2. The summed E-state index contributed by atoms with van der Waals surface area (Å²) in [6.07, 6.45) is -0.239. The summed E-state index contributed by atoms with van der Waals surface area (Å²) in [5.74, 6) is 1.04. The number of alkyl halides is 3. The maximum Gasteiger partial charge on any atom is 0.433 e. The molecule has 0 bridgehead atoms. The highest BCUT2D eigenvalue weighted by atomic mass is 32.1. The van der Waals surface area contributed by atoms with Crippen LogP contribution in [0.3, 0.4) is 0 Å². The molecule has 2 aliphatic rings. The molecular weight excluding hydrogens is 555 g/mol. The molecule has 212 valence electrons. The lowest BCUT2D eigenvalue weighted by Crippen LogP contribution is -2.33. The van der Waals surface area contributed by atoms with Crippen molar-refractivity contribution in [3.05, 3.63) is 70.8 Å². The summed E-state index contributed by atoms with van der Waals surface area (Å²) in [6.45, 7) is 6.54. The topological polar surface area (TPSA) is 120 Å². The zero-order valence-electron chi connectivity index (χ0n) is 22.4. The van der Waals surface area contributed by atoms with Crippen LogP contribution in [0.25, 0.3) is 22.1 Å². The summed E-state index contributed by atoms with van der Waals surface area (Å²) in [5.41, 5.74) is 6.83. The Labute approximate surface area is 237 Å². The highest BCUT2D eigenvalue weighted by Crippen LogP contribution is 2.48. The first kappa shape index (κ1) is 27.2. The summed E-state index contributed by atoms with van der Waals surface area (Å²) < 4.78 is 45.2. The summed E-state index contributed by atoms with van der Waals surface area (Å²) >= 11 is 1.28. The molecule has 1 aliphatic carbocycles. The molecule has 1 aliphatic heterocycles. The maximum absolute atomic E-state index is 13.3. The number of carbonyl (C=O) groups is 1. The molecule has 1 saturated carbocycles. The molecule has 3 atom stereocenters. The first-order valence-corrected chi connectivity index (χ1v) is 13.8. The van der Waals surface area contributed by atoms with Crippen LogP contribution in [0.4, 0.5) is 13.2 Å². The van der Waals surface area contributed by atoms with Crippen LogP contribution in [0, 0.1) is 18.8 Å². The van der Waals surface area contributed by atoms with Gasteiger partial charge in [-0.15, -0.1) is 11.3 Å². The van der Waals surface area contributed by atoms with Gasteiger partial charge in [0.2, 0.25) is 5.88 Å². The number of hydrogen-bond acceptors (Lipinski definition) is 9. The van der Waals surface area contributed by atoms with Crippen molar-refractivity contribution in [2.24, 2.45) is 17.6 Å². The highest BCUT2D eigenvalue weighted by molar-refractivity contribution is 7.17. The van der Waals surface area contributed by atoms with Crippen molar-refractivity contribution in [1.29, 1.82) is 0 Å². The van der Waals surface area contributed by atoms with Crippen LogP contribution in [-0.2, 0) is 11.7 Å². The van der Waals surface area contributed by atoms with Crippen LogP contribution >= 0.6 is 11.3 Å². The Hall–Kier alpha value is -3.97. The fraction of sp³-hybridized carbons (Fsp3) is 0.357. The van der Waals surface area contributed by atoms with E-state index in [9.17, 15) is 18.0 Å². The Morgan fingerprint density at radius 1 is 1.07 bits per heavy atom. The minimum Gasteiger partial charge on any atom is -0.474 e. The molecule has 13 heteroatoms. The van der Waals surface area contributed by atoms with Gasteiger partial charge in [0.1, 0.15) is 16.7 Å². The SMILES string of the molecule is Cc1nc(-c2ncccn2)sc1C(=O)N1C[C@@H]2[C@H](C1)[C@@H]2Oc1cc(C(C)(C)N)cc(-c2ccc(C(F)(F)F)nc2)n1. The summed E-state index contributed by atoms with van der Waals surface area (Å²) in [4.78, 5) is 36.7. The molecule has 41 heavy (non-hydrogen) atoms. The van der Waals surface area contributed by atoms with E-state index in [0.717, 1.165) is 17.8 Å². The molecule has 9 nitrogen and oxygen atoms in total. The van der Waals surface area contributed by atoms with E-state index in [2.05, 4.69) is 24.9 Å². The monoisotopic (exact) mass is 581 g/mol. The first-order valence-electron chi connectivity index (χ1n) is 12.9. The van der Waals surface area contributed by atoms with Crippen LogP contribution < -0.4 is 10.5 Å². The number of thiazole rings is 1. The van der Waals surface area contributed by atoms with Gasteiger partial charge in [-0.05, 0) is 50.6 Å². The molecule has 1 saturated heterocycles. The molecule has 0 radical (unpaired) electrons. The van der Waals surface area contributed by atoms with Crippen molar-refractivity contribution in [2.45, 2.75) is 38.6 Å². The van der Waals surface area contributed by atoms with E-state index in [1.54, 1.807) is 37.5 Å². The predicted molar refractivity (Wildman–Crippen MR) is 145 cm³/mol. The third-order valence-electron chi connectivity index (χ3n) is 7.30. The number of nitrogens with zero attached hydrogens (tertiary/aromatic N) is 6. The fourth-order valence-electron chi connectivity index (χ4n) is 4.99. The largest absolute Gasteiger partial charge is 0.474 e. The van der Waals surface area contributed by atoms with Crippen LogP contribution in [0.5, 0.6) is 5.88 Å².